The zero-order valence-corrected chi connectivity index (χ0v) is 11.0. The molecule has 0 unspecified atom stereocenters. The zero-order valence-electron chi connectivity index (χ0n) is 10.1. The summed E-state index contributed by atoms with van der Waals surface area (Å²) in [6.45, 7) is 5.73. The third kappa shape index (κ3) is 8.75. The molecule has 90 valence electrons. The lowest BCUT2D eigenvalue weighted by atomic mass is 10.1. The summed E-state index contributed by atoms with van der Waals surface area (Å²) in [5.41, 5.74) is 5.38. The summed E-state index contributed by atoms with van der Waals surface area (Å²) in [6.07, 6.45) is 5.71. The van der Waals surface area contributed by atoms with Crippen LogP contribution in [0.4, 0.5) is 0 Å². The minimum Gasteiger partial charge on any atom is -0.355 e. The van der Waals surface area contributed by atoms with E-state index in [2.05, 4.69) is 25.4 Å². The third-order valence-corrected chi connectivity index (χ3v) is 3.62. The van der Waals surface area contributed by atoms with Gasteiger partial charge in [-0.3, -0.25) is 4.79 Å². The first-order valence-corrected chi connectivity index (χ1v) is 6.76. The average molecular weight is 232 g/mol. The van der Waals surface area contributed by atoms with Crippen LogP contribution in [0.15, 0.2) is 0 Å². The van der Waals surface area contributed by atoms with Crippen LogP contribution >= 0.6 is 11.8 Å². The molecule has 0 aromatic heterocycles. The molecule has 0 atom stereocenters. The van der Waals surface area contributed by atoms with Crippen molar-refractivity contribution in [3.05, 3.63) is 0 Å². The summed E-state index contributed by atoms with van der Waals surface area (Å²) in [4.78, 5) is 11.4. The molecule has 1 amide bonds. The Hall–Kier alpha value is -0.220. The molecule has 0 aliphatic heterocycles. The molecular formula is C11H24N2OS. The van der Waals surface area contributed by atoms with Crippen LogP contribution in [-0.4, -0.2) is 30.0 Å². The minimum absolute atomic E-state index is 0.132. The van der Waals surface area contributed by atoms with Gasteiger partial charge in [0.1, 0.15) is 0 Å². The van der Waals surface area contributed by atoms with E-state index >= 15 is 0 Å². The van der Waals surface area contributed by atoms with E-state index < -0.39 is 0 Å². The van der Waals surface area contributed by atoms with E-state index in [4.69, 9.17) is 5.73 Å². The van der Waals surface area contributed by atoms with Crippen LogP contribution in [-0.2, 0) is 4.79 Å². The maximum atomic E-state index is 11.4. The van der Waals surface area contributed by atoms with Crippen molar-refractivity contribution in [1.82, 2.24) is 5.32 Å². The van der Waals surface area contributed by atoms with Gasteiger partial charge in [-0.1, -0.05) is 6.42 Å². The summed E-state index contributed by atoms with van der Waals surface area (Å²) in [6, 6.07) is 0. The van der Waals surface area contributed by atoms with E-state index in [1.165, 1.54) is 0 Å². The van der Waals surface area contributed by atoms with E-state index in [9.17, 15) is 4.79 Å². The normalized spacial score (nSPS) is 11.5. The molecule has 0 saturated carbocycles. The molecular weight excluding hydrogens is 208 g/mol. The van der Waals surface area contributed by atoms with E-state index in [1.807, 2.05) is 0 Å². The number of rotatable bonds is 8. The summed E-state index contributed by atoms with van der Waals surface area (Å²) >= 11 is 1.77. The van der Waals surface area contributed by atoms with E-state index in [1.54, 1.807) is 11.8 Å². The fraction of sp³-hybridized carbons (Fsp3) is 0.909. The second kappa shape index (κ2) is 7.99. The van der Waals surface area contributed by atoms with Crippen molar-refractivity contribution >= 4 is 17.7 Å². The average Bonchev–Trinajstić information content (AvgIpc) is 2.22. The van der Waals surface area contributed by atoms with Gasteiger partial charge in [-0.25, -0.2) is 0 Å². The molecule has 0 rings (SSSR count). The van der Waals surface area contributed by atoms with Gasteiger partial charge in [0.25, 0.3) is 0 Å². The smallest absolute Gasteiger partial charge is 0.220 e. The fourth-order valence-electron chi connectivity index (χ4n) is 1.08. The maximum absolute atomic E-state index is 11.4. The molecule has 0 radical (unpaired) electrons. The van der Waals surface area contributed by atoms with Crippen LogP contribution in [0.3, 0.4) is 0 Å². The summed E-state index contributed by atoms with van der Waals surface area (Å²) in [5.74, 6) is 0.161. The van der Waals surface area contributed by atoms with Crippen LogP contribution in [0.5, 0.6) is 0 Å². The monoisotopic (exact) mass is 232 g/mol. The molecule has 3 nitrogen and oxygen atoms in total. The standard InChI is InChI=1S/C11H24N2OS/c1-11(2,15-3)9-13-10(14)7-5-4-6-8-12/h4-9,12H2,1-3H3,(H,13,14). The number of nitrogens with one attached hydrogen (secondary N) is 1. The molecule has 0 fully saturated rings. The van der Waals surface area contributed by atoms with Gasteiger partial charge in [-0.15, -0.1) is 0 Å². The first-order valence-electron chi connectivity index (χ1n) is 5.54. The molecule has 0 aromatic carbocycles. The Balaban J connectivity index is 3.49. The van der Waals surface area contributed by atoms with Crippen molar-refractivity contribution in [3.8, 4) is 0 Å². The van der Waals surface area contributed by atoms with Crippen LogP contribution < -0.4 is 11.1 Å². The SMILES string of the molecule is CSC(C)(C)CNC(=O)CCCCCN. The number of thioether (sulfide) groups is 1. The quantitative estimate of drug-likeness (QED) is 0.627. The molecule has 0 aliphatic carbocycles. The highest BCUT2D eigenvalue weighted by Crippen LogP contribution is 2.19. The van der Waals surface area contributed by atoms with Gasteiger partial charge in [0, 0.05) is 17.7 Å². The number of hydrogen-bond acceptors (Lipinski definition) is 3. The summed E-state index contributed by atoms with van der Waals surface area (Å²) < 4.78 is 0.132. The first kappa shape index (κ1) is 14.8. The van der Waals surface area contributed by atoms with Crippen molar-refractivity contribution in [1.29, 1.82) is 0 Å². The van der Waals surface area contributed by atoms with Gasteiger partial charge in [0.05, 0.1) is 0 Å². The zero-order chi connectivity index (χ0) is 11.7. The van der Waals surface area contributed by atoms with Gasteiger partial charge < -0.3 is 11.1 Å². The Morgan fingerprint density at radius 3 is 2.53 bits per heavy atom. The lowest BCUT2D eigenvalue weighted by Gasteiger charge is -2.22. The molecule has 0 heterocycles. The third-order valence-electron chi connectivity index (χ3n) is 2.37. The molecule has 3 N–H and O–H groups in total. The Kier molecular flexibility index (Phi) is 7.88. The molecule has 4 heteroatoms. The molecule has 0 spiro atoms. The Morgan fingerprint density at radius 1 is 1.33 bits per heavy atom. The summed E-state index contributed by atoms with van der Waals surface area (Å²) in [5, 5.41) is 2.96. The highest BCUT2D eigenvalue weighted by molar-refractivity contribution is 7.99. The predicted octanol–water partition coefficient (Wildman–Crippen LogP) is 1.76. The molecule has 0 bridgehead atoms. The Labute approximate surface area is 97.6 Å². The Bertz CT molecular complexity index is 183. The van der Waals surface area contributed by atoms with Crippen LogP contribution in [0.2, 0.25) is 0 Å². The Morgan fingerprint density at radius 2 is 2.00 bits per heavy atom. The van der Waals surface area contributed by atoms with E-state index in [0.29, 0.717) is 6.42 Å². The fourth-order valence-corrected chi connectivity index (χ4v) is 1.30. The van der Waals surface area contributed by atoms with Gasteiger partial charge in [-0.2, -0.15) is 11.8 Å². The molecule has 0 saturated heterocycles. The van der Waals surface area contributed by atoms with Crippen LogP contribution in [0.25, 0.3) is 0 Å². The number of nitrogens with two attached hydrogens (primary N) is 1. The largest absolute Gasteiger partial charge is 0.355 e. The van der Waals surface area contributed by atoms with Gasteiger partial charge in [0.2, 0.25) is 5.91 Å². The van der Waals surface area contributed by atoms with Crippen molar-refractivity contribution in [3.63, 3.8) is 0 Å². The van der Waals surface area contributed by atoms with Gasteiger partial charge in [0.15, 0.2) is 0 Å². The van der Waals surface area contributed by atoms with Crippen LogP contribution in [0.1, 0.15) is 39.5 Å². The van der Waals surface area contributed by atoms with Crippen molar-refractivity contribution in [2.75, 3.05) is 19.3 Å². The van der Waals surface area contributed by atoms with Gasteiger partial charge >= 0.3 is 0 Å². The molecule has 0 aliphatic rings. The number of carbonyl (C=O) groups excluding carboxylic acids is 1. The van der Waals surface area contributed by atoms with E-state index in [0.717, 1.165) is 32.4 Å². The van der Waals surface area contributed by atoms with E-state index in [-0.39, 0.29) is 10.7 Å². The molecule has 15 heavy (non-hydrogen) atoms. The van der Waals surface area contributed by atoms with Crippen LogP contribution in [0, 0.1) is 0 Å². The highest BCUT2D eigenvalue weighted by atomic mass is 32.2. The minimum atomic E-state index is 0.132. The summed E-state index contributed by atoms with van der Waals surface area (Å²) in [7, 11) is 0. The lowest BCUT2D eigenvalue weighted by Crippen LogP contribution is -2.35. The highest BCUT2D eigenvalue weighted by Gasteiger charge is 2.16. The second-order valence-electron chi connectivity index (χ2n) is 4.34. The maximum Gasteiger partial charge on any atom is 0.220 e. The van der Waals surface area contributed by atoms with Crippen molar-refractivity contribution in [2.45, 2.75) is 44.3 Å². The second-order valence-corrected chi connectivity index (χ2v) is 5.85. The van der Waals surface area contributed by atoms with Gasteiger partial charge in [-0.05, 0) is 39.5 Å². The first-order chi connectivity index (χ1) is 7.02. The lowest BCUT2D eigenvalue weighted by molar-refractivity contribution is -0.121. The number of carbonyl (C=O) groups is 1. The number of amides is 1. The topological polar surface area (TPSA) is 55.1 Å². The molecule has 0 aromatic rings. The number of unbranched alkanes of at least 4 members (excludes halogenated alkanes) is 2. The van der Waals surface area contributed by atoms with Crippen molar-refractivity contribution in [2.24, 2.45) is 5.73 Å². The number of hydrogen-bond donors (Lipinski definition) is 2. The predicted molar refractivity (Wildman–Crippen MR) is 68.1 cm³/mol. The van der Waals surface area contributed by atoms with Crippen molar-refractivity contribution < 1.29 is 4.79 Å².